The Labute approximate surface area is 174 Å². The zero-order chi connectivity index (χ0) is 20.6. The number of rotatable bonds is 7. The van der Waals surface area contributed by atoms with E-state index in [9.17, 15) is 0 Å². The molecule has 1 aliphatic rings. The van der Waals surface area contributed by atoms with Crippen LogP contribution >= 0.6 is 0 Å². The van der Waals surface area contributed by atoms with E-state index < -0.39 is 0 Å². The fourth-order valence-corrected chi connectivity index (χ4v) is 3.52. The molecular weight excluding hydrogens is 362 g/mol. The van der Waals surface area contributed by atoms with Crippen LogP contribution in [0.25, 0.3) is 0 Å². The van der Waals surface area contributed by atoms with Crippen molar-refractivity contribution < 1.29 is 4.74 Å². The van der Waals surface area contributed by atoms with Crippen LogP contribution < -0.4 is 20.7 Å². The smallest absolute Gasteiger partial charge is 0.193 e. The molecule has 0 radical (unpaired) electrons. The normalized spacial score (nSPS) is 15.4. The van der Waals surface area contributed by atoms with Crippen LogP contribution in [0.2, 0.25) is 0 Å². The van der Waals surface area contributed by atoms with E-state index in [1.54, 1.807) is 7.11 Å². The van der Waals surface area contributed by atoms with Crippen LogP contribution in [0.1, 0.15) is 17.5 Å². The maximum absolute atomic E-state index is 6.03. The molecule has 0 aromatic heterocycles. The van der Waals surface area contributed by atoms with Gasteiger partial charge in [-0.15, -0.1) is 0 Å². The monoisotopic (exact) mass is 395 g/mol. The highest BCUT2D eigenvalue weighted by Gasteiger charge is 2.16. The van der Waals surface area contributed by atoms with Crippen molar-refractivity contribution in [2.75, 3.05) is 56.6 Å². The van der Waals surface area contributed by atoms with Crippen LogP contribution in [0, 0.1) is 13.8 Å². The molecule has 156 valence electrons. The van der Waals surface area contributed by atoms with Crippen molar-refractivity contribution in [1.82, 2.24) is 4.90 Å². The minimum atomic E-state index is 0.484. The number of ether oxygens (including phenoxy) is 1. The number of aliphatic imine (C=N–C) groups is 1. The van der Waals surface area contributed by atoms with Crippen LogP contribution in [0.3, 0.4) is 0 Å². The number of aryl methyl sites for hydroxylation is 2. The quantitative estimate of drug-likeness (QED) is 0.428. The third kappa shape index (κ3) is 6.12. The summed E-state index contributed by atoms with van der Waals surface area (Å²) < 4.78 is 5.24. The van der Waals surface area contributed by atoms with Crippen LogP contribution in [0.4, 0.5) is 11.4 Å². The molecule has 0 atom stereocenters. The van der Waals surface area contributed by atoms with Crippen molar-refractivity contribution in [3.05, 3.63) is 53.6 Å². The van der Waals surface area contributed by atoms with Gasteiger partial charge in [-0.2, -0.15) is 0 Å². The summed E-state index contributed by atoms with van der Waals surface area (Å²) in [4.78, 5) is 9.40. The van der Waals surface area contributed by atoms with Crippen molar-refractivity contribution >= 4 is 17.3 Å². The Morgan fingerprint density at radius 2 is 1.76 bits per heavy atom. The van der Waals surface area contributed by atoms with Crippen molar-refractivity contribution in [2.24, 2.45) is 10.7 Å². The Balaban J connectivity index is 1.36. The maximum Gasteiger partial charge on any atom is 0.193 e. The summed E-state index contributed by atoms with van der Waals surface area (Å²) in [5.74, 6) is 1.39. The van der Waals surface area contributed by atoms with Gasteiger partial charge in [0.05, 0.1) is 7.11 Å². The summed E-state index contributed by atoms with van der Waals surface area (Å²) in [6.45, 7) is 10.2. The molecule has 0 spiro atoms. The molecule has 0 amide bonds. The molecule has 29 heavy (non-hydrogen) atoms. The van der Waals surface area contributed by atoms with E-state index in [1.807, 2.05) is 18.2 Å². The van der Waals surface area contributed by atoms with Crippen LogP contribution in [0.15, 0.2) is 47.5 Å². The van der Waals surface area contributed by atoms with Gasteiger partial charge in [0.1, 0.15) is 5.75 Å². The average molecular weight is 396 g/mol. The zero-order valence-electron chi connectivity index (χ0n) is 17.8. The topological polar surface area (TPSA) is 66.1 Å². The van der Waals surface area contributed by atoms with Crippen molar-refractivity contribution in [2.45, 2.75) is 20.3 Å². The molecule has 0 bridgehead atoms. The number of nitrogens with one attached hydrogen (secondary N) is 1. The van der Waals surface area contributed by atoms with E-state index in [1.165, 1.54) is 16.8 Å². The lowest BCUT2D eigenvalue weighted by molar-refractivity contribution is 0.256. The van der Waals surface area contributed by atoms with Gasteiger partial charge in [0.15, 0.2) is 5.96 Å². The Morgan fingerprint density at radius 1 is 1.03 bits per heavy atom. The predicted octanol–water partition coefficient (Wildman–Crippen LogP) is 3.25. The number of anilines is 2. The van der Waals surface area contributed by atoms with Gasteiger partial charge in [0, 0.05) is 50.6 Å². The van der Waals surface area contributed by atoms with E-state index in [0.29, 0.717) is 5.96 Å². The Hall–Kier alpha value is -2.73. The van der Waals surface area contributed by atoms with Crippen molar-refractivity contribution in [3.63, 3.8) is 0 Å². The molecule has 1 fully saturated rings. The average Bonchev–Trinajstić information content (AvgIpc) is 2.74. The number of methoxy groups -OCH3 is 1. The predicted molar refractivity (Wildman–Crippen MR) is 122 cm³/mol. The molecule has 1 heterocycles. The van der Waals surface area contributed by atoms with Crippen LogP contribution in [0.5, 0.6) is 5.75 Å². The largest absolute Gasteiger partial charge is 0.497 e. The van der Waals surface area contributed by atoms with Gasteiger partial charge in [-0.1, -0.05) is 6.07 Å². The van der Waals surface area contributed by atoms with Crippen LogP contribution in [-0.2, 0) is 0 Å². The third-order valence-electron chi connectivity index (χ3n) is 5.50. The zero-order valence-corrected chi connectivity index (χ0v) is 17.8. The van der Waals surface area contributed by atoms with Crippen molar-refractivity contribution in [1.29, 1.82) is 0 Å². The SMILES string of the molecule is COc1ccc(N2CCN(CCCN=C(N)Nc3ccc(C)c(C)c3)CC2)cc1. The van der Waals surface area contributed by atoms with Gasteiger partial charge in [-0.25, -0.2) is 0 Å². The molecule has 0 saturated carbocycles. The highest BCUT2D eigenvalue weighted by atomic mass is 16.5. The van der Waals surface area contributed by atoms with E-state index in [0.717, 1.165) is 57.1 Å². The Morgan fingerprint density at radius 3 is 2.41 bits per heavy atom. The first-order valence-corrected chi connectivity index (χ1v) is 10.3. The van der Waals surface area contributed by atoms with E-state index in [4.69, 9.17) is 10.5 Å². The molecular formula is C23H33N5O. The fourth-order valence-electron chi connectivity index (χ4n) is 3.52. The molecule has 2 aromatic rings. The lowest BCUT2D eigenvalue weighted by Crippen LogP contribution is -2.46. The molecule has 6 nitrogen and oxygen atoms in total. The number of benzene rings is 2. The number of guanidine groups is 1. The first kappa shape index (κ1) is 21.0. The molecule has 3 rings (SSSR count). The molecule has 0 unspecified atom stereocenters. The summed E-state index contributed by atoms with van der Waals surface area (Å²) in [5.41, 5.74) is 10.8. The van der Waals surface area contributed by atoms with Gasteiger partial charge in [-0.3, -0.25) is 9.89 Å². The van der Waals surface area contributed by atoms with Gasteiger partial charge in [0.25, 0.3) is 0 Å². The van der Waals surface area contributed by atoms with Gasteiger partial charge >= 0.3 is 0 Å². The highest BCUT2D eigenvalue weighted by molar-refractivity contribution is 5.92. The van der Waals surface area contributed by atoms with Gasteiger partial charge in [-0.05, 0) is 67.8 Å². The second-order valence-corrected chi connectivity index (χ2v) is 7.57. The highest BCUT2D eigenvalue weighted by Crippen LogP contribution is 2.20. The molecule has 2 aromatic carbocycles. The molecule has 1 saturated heterocycles. The van der Waals surface area contributed by atoms with Gasteiger partial charge < -0.3 is 20.7 Å². The first-order chi connectivity index (χ1) is 14.0. The lowest BCUT2D eigenvalue weighted by atomic mass is 10.1. The summed E-state index contributed by atoms with van der Waals surface area (Å²) in [6, 6.07) is 14.5. The molecule has 6 heteroatoms. The maximum atomic E-state index is 6.03. The third-order valence-corrected chi connectivity index (χ3v) is 5.50. The summed E-state index contributed by atoms with van der Waals surface area (Å²) in [7, 11) is 1.70. The van der Waals surface area contributed by atoms with Gasteiger partial charge in [0.2, 0.25) is 0 Å². The van der Waals surface area contributed by atoms with E-state index >= 15 is 0 Å². The van der Waals surface area contributed by atoms with E-state index in [2.05, 4.69) is 58.2 Å². The number of hydrogen-bond acceptors (Lipinski definition) is 4. The number of nitrogens with two attached hydrogens (primary N) is 1. The summed E-state index contributed by atoms with van der Waals surface area (Å²) in [6.07, 6.45) is 1.01. The fraction of sp³-hybridized carbons (Fsp3) is 0.435. The van der Waals surface area contributed by atoms with E-state index in [-0.39, 0.29) is 0 Å². The number of hydrogen-bond donors (Lipinski definition) is 2. The van der Waals surface area contributed by atoms with Crippen LogP contribution in [-0.4, -0.2) is 57.2 Å². The Bertz CT molecular complexity index is 811. The first-order valence-electron chi connectivity index (χ1n) is 10.3. The number of piperazine rings is 1. The minimum absolute atomic E-state index is 0.484. The number of nitrogens with zero attached hydrogens (tertiary/aromatic N) is 3. The molecule has 0 aliphatic carbocycles. The molecule has 1 aliphatic heterocycles. The summed E-state index contributed by atoms with van der Waals surface area (Å²) >= 11 is 0. The standard InChI is InChI=1S/C23H33N5O/c1-18-5-6-20(17-19(18)2)26-23(24)25-11-4-12-27-13-15-28(16-14-27)21-7-9-22(29-3)10-8-21/h5-10,17H,4,11-16H2,1-3H3,(H3,24,25,26). The second kappa shape index (κ2) is 10.2. The summed E-state index contributed by atoms with van der Waals surface area (Å²) in [5, 5.41) is 3.18. The second-order valence-electron chi connectivity index (χ2n) is 7.57. The lowest BCUT2D eigenvalue weighted by Gasteiger charge is -2.36. The Kier molecular flexibility index (Phi) is 7.36. The minimum Gasteiger partial charge on any atom is -0.497 e. The van der Waals surface area contributed by atoms with Crippen molar-refractivity contribution in [3.8, 4) is 5.75 Å². The molecule has 3 N–H and O–H groups in total.